The van der Waals surface area contributed by atoms with E-state index in [2.05, 4.69) is 9.97 Å². The molecule has 0 radical (unpaired) electrons. The van der Waals surface area contributed by atoms with Crippen LogP contribution >= 0.6 is 0 Å². The third kappa shape index (κ3) is 5.37. The van der Waals surface area contributed by atoms with Crippen molar-refractivity contribution in [3.05, 3.63) is 47.9 Å². The molecule has 3 rings (SSSR count). The third-order valence-electron chi connectivity index (χ3n) is 4.99. The molecule has 2 aromatic heterocycles. The van der Waals surface area contributed by atoms with Crippen molar-refractivity contribution in [2.24, 2.45) is 0 Å². The minimum atomic E-state index is -0.971. The zero-order valence-corrected chi connectivity index (χ0v) is 17.0. The lowest BCUT2D eigenvalue weighted by atomic mass is 10.0. The number of nitrogens with zero attached hydrogens (tertiary/aromatic N) is 4. The molecule has 3 N–H and O–H groups in total. The second-order valence-corrected chi connectivity index (χ2v) is 7.12. The molecule has 160 valence electrons. The highest BCUT2D eigenvalue weighted by Gasteiger charge is 2.35. The van der Waals surface area contributed by atoms with Gasteiger partial charge in [-0.1, -0.05) is 6.07 Å². The summed E-state index contributed by atoms with van der Waals surface area (Å²) in [7, 11) is 0. The summed E-state index contributed by atoms with van der Waals surface area (Å²) in [6, 6.07) is 6.51. The van der Waals surface area contributed by atoms with Gasteiger partial charge in [0.25, 0.3) is 0 Å². The average molecular weight is 413 g/mol. The van der Waals surface area contributed by atoms with Crippen molar-refractivity contribution in [1.29, 1.82) is 0 Å². The van der Waals surface area contributed by atoms with Crippen LogP contribution in [0.25, 0.3) is 0 Å². The number of amides is 2. The van der Waals surface area contributed by atoms with Gasteiger partial charge in [0.2, 0.25) is 0 Å². The summed E-state index contributed by atoms with van der Waals surface area (Å²) in [6.07, 6.45) is 4.45. The van der Waals surface area contributed by atoms with E-state index in [-0.39, 0.29) is 12.5 Å². The van der Waals surface area contributed by atoms with Gasteiger partial charge in [-0.25, -0.2) is 9.78 Å². The smallest absolute Gasteiger partial charge is 0.320 e. The highest BCUT2D eigenvalue weighted by Crippen LogP contribution is 2.30. The van der Waals surface area contributed by atoms with Crippen molar-refractivity contribution in [2.75, 3.05) is 32.0 Å². The van der Waals surface area contributed by atoms with Gasteiger partial charge in [0, 0.05) is 31.5 Å². The van der Waals surface area contributed by atoms with E-state index in [9.17, 15) is 14.7 Å². The highest BCUT2D eigenvalue weighted by atomic mass is 16.5. The third-order valence-corrected chi connectivity index (χ3v) is 4.99. The van der Waals surface area contributed by atoms with Crippen molar-refractivity contribution in [1.82, 2.24) is 19.8 Å². The second kappa shape index (κ2) is 9.91. The number of rotatable bonds is 10. The van der Waals surface area contributed by atoms with Gasteiger partial charge in [-0.2, -0.15) is 0 Å². The Balaban J connectivity index is 1.66. The van der Waals surface area contributed by atoms with E-state index in [1.807, 2.05) is 19.1 Å². The highest BCUT2D eigenvalue weighted by molar-refractivity contribution is 5.78. The first kappa shape index (κ1) is 21.4. The van der Waals surface area contributed by atoms with E-state index < -0.39 is 12.0 Å². The van der Waals surface area contributed by atoms with Crippen LogP contribution in [-0.4, -0.2) is 63.1 Å². The first-order valence-corrected chi connectivity index (χ1v) is 10.0. The molecule has 1 fully saturated rings. The van der Waals surface area contributed by atoms with Gasteiger partial charge in [0.1, 0.15) is 11.6 Å². The average Bonchev–Trinajstić information content (AvgIpc) is 3.07. The molecule has 1 saturated heterocycles. The summed E-state index contributed by atoms with van der Waals surface area (Å²) in [4.78, 5) is 36.2. The number of aromatic nitrogens is 2. The van der Waals surface area contributed by atoms with E-state index in [1.54, 1.807) is 34.3 Å². The van der Waals surface area contributed by atoms with Gasteiger partial charge < -0.3 is 25.4 Å². The fourth-order valence-electron chi connectivity index (χ4n) is 3.62. The van der Waals surface area contributed by atoms with E-state index in [4.69, 9.17) is 10.5 Å². The number of ether oxygens (including phenoxy) is 1. The van der Waals surface area contributed by atoms with Crippen LogP contribution in [0.1, 0.15) is 37.1 Å². The fourth-order valence-corrected chi connectivity index (χ4v) is 3.62. The second-order valence-electron chi connectivity index (χ2n) is 7.12. The summed E-state index contributed by atoms with van der Waals surface area (Å²) in [5, 5.41) is 9.40. The normalized spacial score (nSPS) is 14.8. The maximum atomic E-state index is 13.0. The number of carboxylic acids is 1. The van der Waals surface area contributed by atoms with Crippen LogP contribution in [0.3, 0.4) is 0 Å². The zero-order valence-electron chi connectivity index (χ0n) is 17.0. The molecule has 0 aliphatic carbocycles. The Morgan fingerprint density at radius 2 is 2.17 bits per heavy atom. The first-order valence-electron chi connectivity index (χ1n) is 10.0. The maximum Gasteiger partial charge on any atom is 0.320 e. The van der Waals surface area contributed by atoms with Crippen molar-refractivity contribution in [3.63, 3.8) is 0 Å². The Labute approximate surface area is 175 Å². The van der Waals surface area contributed by atoms with Crippen molar-refractivity contribution >= 4 is 17.8 Å². The van der Waals surface area contributed by atoms with Crippen molar-refractivity contribution in [2.45, 2.75) is 32.2 Å². The Morgan fingerprint density at radius 3 is 2.90 bits per heavy atom. The van der Waals surface area contributed by atoms with Crippen LogP contribution in [0.5, 0.6) is 5.75 Å². The predicted octanol–water partition coefficient (Wildman–Crippen LogP) is 2.34. The quantitative estimate of drug-likeness (QED) is 0.613. The standard InChI is InChI=1S/C21H27N5O4/c1-2-30-17-11-15(13-23-14-17)18(12-20(27)28)26-10-9-25(21(26)29)8-4-6-16-5-3-7-19(22)24-16/h3,5,7,11,13-14,18H,2,4,6,8-10,12H2,1H3,(H2,22,24)(H,27,28). The molecule has 1 atom stereocenters. The molecule has 2 amide bonds. The number of urea groups is 1. The van der Waals surface area contributed by atoms with Crippen LogP contribution in [0.2, 0.25) is 0 Å². The molecule has 1 aliphatic rings. The Bertz CT molecular complexity index is 891. The summed E-state index contributed by atoms with van der Waals surface area (Å²) in [5.74, 6) is 0.0691. The molecule has 0 spiro atoms. The molecule has 30 heavy (non-hydrogen) atoms. The maximum absolute atomic E-state index is 13.0. The van der Waals surface area contributed by atoms with E-state index >= 15 is 0 Å². The molecule has 2 aromatic rings. The molecule has 3 heterocycles. The molecule has 9 heteroatoms. The number of nitrogens with two attached hydrogens (primary N) is 1. The van der Waals surface area contributed by atoms with Crippen molar-refractivity contribution in [3.8, 4) is 5.75 Å². The number of aliphatic carboxylic acids is 1. The number of pyridine rings is 2. The summed E-state index contributed by atoms with van der Waals surface area (Å²) in [6.45, 7) is 3.93. The minimum absolute atomic E-state index is 0.163. The van der Waals surface area contributed by atoms with Gasteiger partial charge in [-0.3, -0.25) is 9.78 Å². The fraction of sp³-hybridized carbons (Fsp3) is 0.429. The van der Waals surface area contributed by atoms with Crippen LogP contribution in [-0.2, 0) is 11.2 Å². The van der Waals surface area contributed by atoms with Crippen molar-refractivity contribution < 1.29 is 19.4 Å². The van der Waals surface area contributed by atoms with Crippen LogP contribution in [0.4, 0.5) is 10.6 Å². The Hall–Kier alpha value is -3.36. The molecule has 1 unspecified atom stereocenters. The van der Waals surface area contributed by atoms with E-state index in [0.717, 1.165) is 12.1 Å². The van der Waals surface area contributed by atoms with E-state index in [1.165, 1.54) is 0 Å². The van der Waals surface area contributed by atoms with Crippen LogP contribution < -0.4 is 10.5 Å². The molecular formula is C21H27N5O4. The number of carbonyl (C=O) groups excluding carboxylic acids is 1. The lowest BCUT2D eigenvalue weighted by molar-refractivity contribution is -0.138. The topological polar surface area (TPSA) is 122 Å². The Morgan fingerprint density at radius 1 is 1.33 bits per heavy atom. The van der Waals surface area contributed by atoms with Crippen LogP contribution in [0, 0.1) is 0 Å². The molecule has 9 nitrogen and oxygen atoms in total. The molecule has 0 aromatic carbocycles. The predicted molar refractivity (Wildman–Crippen MR) is 111 cm³/mol. The van der Waals surface area contributed by atoms with E-state index in [0.29, 0.717) is 49.8 Å². The molecule has 1 aliphatic heterocycles. The minimum Gasteiger partial charge on any atom is -0.492 e. The molecular weight excluding hydrogens is 386 g/mol. The Kier molecular flexibility index (Phi) is 7.05. The first-order chi connectivity index (χ1) is 14.5. The lowest BCUT2D eigenvalue weighted by Crippen LogP contribution is -2.36. The number of carboxylic acid groups (broad SMARTS) is 1. The largest absolute Gasteiger partial charge is 0.492 e. The van der Waals surface area contributed by atoms with Gasteiger partial charge in [0.05, 0.1) is 25.3 Å². The molecule has 0 bridgehead atoms. The summed E-state index contributed by atoms with van der Waals surface area (Å²) in [5.41, 5.74) is 7.25. The van der Waals surface area contributed by atoms with Crippen LogP contribution in [0.15, 0.2) is 36.7 Å². The lowest BCUT2D eigenvalue weighted by Gasteiger charge is -2.27. The number of nitrogen functional groups attached to an aromatic ring is 1. The van der Waals surface area contributed by atoms with Gasteiger partial charge in [0.15, 0.2) is 0 Å². The van der Waals surface area contributed by atoms with Gasteiger partial charge >= 0.3 is 12.0 Å². The summed E-state index contributed by atoms with van der Waals surface area (Å²) >= 11 is 0. The SMILES string of the molecule is CCOc1cncc(C(CC(=O)O)N2CCN(CCCc3cccc(N)n3)C2=O)c1. The number of carbonyl (C=O) groups is 2. The molecule has 0 saturated carbocycles. The summed E-state index contributed by atoms with van der Waals surface area (Å²) < 4.78 is 5.48. The number of anilines is 1. The monoisotopic (exact) mass is 413 g/mol. The zero-order chi connectivity index (χ0) is 21.5. The van der Waals surface area contributed by atoms with Gasteiger partial charge in [-0.05, 0) is 43.5 Å². The number of hydrogen-bond donors (Lipinski definition) is 2. The number of aryl methyl sites for hydroxylation is 1. The van der Waals surface area contributed by atoms with Gasteiger partial charge in [-0.15, -0.1) is 0 Å². The number of hydrogen-bond acceptors (Lipinski definition) is 6.